The second-order valence-corrected chi connectivity index (χ2v) is 13.3. The Morgan fingerprint density at radius 1 is 0.553 bits per heavy atom. The fourth-order valence-electron chi connectivity index (χ4n) is 5.54. The van der Waals surface area contributed by atoms with Crippen LogP contribution in [-0.4, -0.2) is 65.1 Å². The highest BCUT2D eigenvalue weighted by Gasteiger charge is 2.34. The van der Waals surface area contributed by atoms with Crippen LogP contribution < -0.4 is 20.1 Å². The Labute approximate surface area is 278 Å². The van der Waals surface area contributed by atoms with Crippen molar-refractivity contribution in [1.29, 1.82) is 0 Å². The molecule has 250 valence electrons. The number of fused-ring (bicyclic) bond motifs is 1. The lowest BCUT2D eigenvalue weighted by Gasteiger charge is -2.37. The van der Waals surface area contributed by atoms with Crippen LogP contribution in [0.15, 0.2) is 84.9 Å². The first-order valence-corrected chi connectivity index (χ1v) is 16.8. The molecule has 0 spiro atoms. The molecule has 0 aromatic heterocycles. The van der Waals surface area contributed by atoms with Crippen molar-refractivity contribution in [1.82, 2.24) is 0 Å². The standard InChI is InChI=1S/C39H48N2O6/c1-38(26-43-27-38)25-42-19-3-4-20-45-36-15-11-32(12-16-36)40-34-9-7-31-24-35(10-8-30(31)23-34)41-33-13-17-37(18-14-33)46-21-5-6-22-47-39(2)28-44-29-39/h7-18,23-24,40-41H,3-6,19-22,25-29H2,1-2H3. The Kier molecular flexibility index (Phi) is 11.2. The number of benzene rings is 4. The first-order chi connectivity index (χ1) is 22.9. The highest BCUT2D eigenvalue weighted by molar-refractivity contribution is 5.89. The number of anilines is 4. The molecule has 2 aliphatic rings. The number of rotatable bonds is 19. The third-order valence-corrected chi connectivity index (χ3v) is 8.50. The average molecular weight is 641 g/mol. The van der Waals surface area contributed by atoms with Gasteiger partial charge in [0.2, 0.25) is 0 Å². The van der Waals surface area contributed by atoms with E-state index < -0.39 is 0 Å². The van der Waals surface area contributed by atoms with Gasteiger partial charge < -0.3 is 39.1 Å². The fourth-order valence-corrected chi connectivity index (χ4v) is 5.54. The molecule has 2 fully saturated rings. The third kappa shape index (κ3) is 9.84. The van der Waals surface area contributed by atoms with Gasteiger partial charge in [0.05, 0.1) is 46.2 Å². The van der Waals surface area contributed by atoms with Crippen molar-refractivity contribution < 1.29 is 28.4 Å². The minimum atomic E-state index is -0.0831. The maximum Gasteiger partial charge on any atom is 0.119 e. The number of nitrogens with one attached hydrogen (secondary N) is 2. The summed E-state index contributed by atoms with van der Waals surface area (Å²) in [5, 5.41) is 9.36. The van der Waals surface area contributed by atoms with Gasteiger partial charge in [-0.1, -0.05) is 19.1 Å². The van der Waals surface area contributed by atoms with Crippen LogP contribution in [0.1, 0.15) is 39.5 Å². The summed E-state index contributed by atoms with van der Waals surface area (Å²) in [5.74, 6) is 1.75. The van der Waals surface area contributed by atoms with E-state index in [1.54, 1.807) is 0 Å². The summed E-state index contributed by atoms with van der Waals surface area (Å²) in [6.45, 7) is 11.0. The van der Waals surface area contributed by atoms with Crippen molar-refractivity contribution in [3.8, 4) is 11.5 Å². The molecule has 2 saturated heterocycles. The van der Waals surface area contributed by atoms with Crippen LogP contribution in [0.4, 0.5) is 22.7 Å². The maximum absolute atomic E-state index is 5.93. The van der Waals surface area contributed by atoms with E-state index in [4.69, 9.17) is 28.4 Å². The summed E-state index contributed by atoms with van der Waals surface area (Å²) < 4.78 is 34.0. The van der Waals surface area contributed by atoms with Crippen LogP contribution >= 0.6 is 0 Å². The fraction of sp³-hybridized carbons (Fsp3) is 0.436. The first-order valence-electron chi connectivity index (χ1n) is 16.8. The lowest BCUT2D eigenvalue weighted by molar-refractivity contribution is -0.199. The second kappa shape index (κ2) is 15.8. The average Bonchev–Trinajstić information content (AvgIpc) is 3.06. The molecular weight excluding hydrogens is 592 g/mol. The van der Waals surface area contributed by atoms with Gasteiger partial charge in [0, 0.05) is 41.4 Å². The lowest BCUT2D eigenvalue weighted by atomic mass is 9.90. The molecule has 0 amide bonds. The van der Waals surface area contributed by atoms with E-state index >= 15 is 0 Å². The van der Waals surface area contributed by atoms with Crippen LogP contribution in [0.2, 0.25) is 0 Å². The van der Waals surface area contributed by atoms with E-state index in [9.17, 15) is 0 Å². The van der Waals surface area contributed by atoms with E-state index in [0.29, 0.717) is 26.4 Å². The highest BCUT2D eigenvalue weighted by Crippen LogP contribution is 2.29. The van der Waals surface area contributed by atoms with Crippen molar-refractivity contribution in [3.63, 3.8) is 0 Å². The van der Waals surface area contributed by atoms with Gasteiger partial charge in [0.15, 0.2) is 0 Å². The summed E-state index contributed by atoms with van der Waals surface area (Å²) in [6, 6.07) is 29.1. The summed E-state index contributed by atoms with van der Waals surface area (Å²) in [6.07, 6.45) is 3.90. The molecule has 2 N–H and O–H groups in total. The largest absolute Gasteiger partial charge is 0.494 e. The Balaban J connectivity index is 0.894. The van der Waals surface area contributed by atoms with E-state index in [1.807, 2.05) is 36.4 Å². The molecule has 8 nitrogen and oxygen atoms in total. The predicted molar refractivity (Wildman–Crippen MR) is 188 cm³/mol. The van der Waals surface area contributed by atoms with E-state index in [1.165, 1.54) is 10.8 Å². The molecule has 0 atom stereocenters. The molecule has 0 aliphatic carbocycles. The molecule has 2 aliphatic heterocycles. The lowest BCUT2D eigenvalue weighted by Crippen LogP contribution is -2.49. The van der Waals surface area contributed by atoms with E-state index in [2.05, 4.69) is 73.0 Å². The molecule has 47 heavy (non-hydrogen) atoms. The topological polar surface area (TPSA) is 79.4 Å². The minimum Gasteiger partial charge on any atom is -0.494 e. The van der Waals surface area contributed by atoms with Crippen LogP contribution in [0.3, 0.4) is 0 Å². The first kappa shape index (κ1) is 33.1. The van der Waals surface area contributed by atoms with Crippen LogP contribution in [-0.2, 0) is 18.9 Å². The number of ether oxygens (including phenoxy) is 6. The molecule has 2 heterocycles. The number of unbranched alkanes of at least 4 members (excludes halogenated alkanes) is 2. The van der Waals surface area contributed by atoms with Gasteiger partial charge in [-0.2, -0.15) is 0 Å². The monoisotopic (exact) mass is 640 g/mol. The predicted octanol–water partition coefficient (Wildman–Crippen LogP) is 8.50. The van der Waals surface area contributed by atoms with Crippen LogP contribution in [0.25, 0.3) is 10.8 Å². The van der Waals surface area contributed by atoms with Crippen LogP contribution in [0.5, 0.6) is 11.5 Å². The van der Waals surface area contributed by atoms with Crippen molar-refractivity contribution >= 4 is 33.5 Å². The van der Waals surface area contributed by atoms with Gasteiger partial charge in [-0.3, -0.25) is 0 Å². The normalized spacial score (nSPS) is 16.2. The molecule has 8 heteroatoms. The molecule has 4 aromatic rings. The zero-order valence-corrected chi connectivity index (χ0v) is 27.7. The minimum absolute atomic E-state index is 0.0831. The second-order valence-electron chi connectivity index (χ2n) is 13.3. The van der Waals surface area contributed by atoms with Crippen molar-refractivity contribution in [3.05, 3.63) is 84.9 Å². The van der Waals surface area contributed by atoms with Crippen molar-refractivity contribution in [2.45, 2.75) is 45.1 Å². The molecule has 0 radical (unpaired) electrons. The van der Waals surface area contributed by atoms with Crippen molar-refractivity contribution in [2.24, 2.45) is 5.41 Å². The summed E-state index contributed by atoms with van der Waals surface area (Å²) in [5.41, 5.74) is 4.25. The Morgan fingerprint density at radius 3 is 1.49 bits per heavy atom. The van der Waals surface area contributed by atoms with E-state index in [0.717, 1.165) is 93.0 Å². The molecule has 4 aromatic carbocycles. The summed E-state index contributed by atoms with van der Waals surface area (Å²) >= 11 is 0. The molecule has 0 saturated carbocycles. The molecular formula is C39H48N2O6. The number of hydrogen-bond donors (Lipinski definition) is 2. The van der Waals surface area contributed by atoms with Gasteiger partial charge in [0.25, 0.3) is 0 Å². The highest BCUT2D eigenvalue weighted by atomic mass is 16.6. The SMILES string of the molecule is CC1(COCCCCOc2ccc(Nc3ccc4cc(Nc5ccc(OCCCCOC6(C)COC6)cc5)ccc4c3)cc2)COC1. The van der Waals surface area contributed by atoms with Gasteiger partial charge >= 0.3 is 0 Å². The van der Waals surface area contributed by atoms with Crippen molar-refractivity contribution in [2.75, 3.05) is 70.1 Å². The smallest absolute Gasteiger partial charge is 0.119 e. The number of hydrogen-bond acceptors (Lipinski definition) is 8. The van der Waals surface area contributed by atoms with Gasteiger partial charge in [-0.25, -0.2) is 0 Å². The summed E-state index contributed by atoms with van der Waals surface area (Å²) in [7, 11) is 0. The quantitative estimate of drug-likeness (QED) is 0.0988. The van der Waals surface area contributed by atoms with Gasteiger partial charge in [-0.15, -0.1) is 0 Å². The Hall–Kier alpha value is -3.82. The Morgan fingerprint density at radius 2 is 1.02 bits per heavy atom. The van der Waals surface area contributed by atoms with Crippen LogP contribution in [0, 0.1) is 5.41 Å². The third-order valence-electron chi connectivity index (χ3n) is 8.50. The zero-order valence-electron chi connectivity index (χ0n) is 27.7. The van der Waals surface area contributed by atoms with Gasteiger partial charge in [-0.05, 0) is 116 Å². The molecule has 6 rings (SSSR count). The molecule has 0 bridgehead atoms. The van der Waals surface area contributed by atoms with E-state index in [-0.39, 0.29) is 11.0 Å². The Bertz CT molecular complexity index is 1550. The summed E-state index contributed by atoms with van der Waals surface area (Å²) in [4.78, 5) is 0. The van der Waals surface area contributed by atoms with Gasteiger partial charge in [0.1, 0.15) is 17.1 Å². The zero-order chi connectivity index (χ0) is 32.4. The maximum atomic E-state index is 5.93. The molecule has 0 unspecified atom stereocenters.